The summed E-state index contributed by atoms with van der Waals surface area (Å²) >= 11 is 0. The van der Waals surface area contributed by atoms with Crippen molar-refractivity contribution in [1.29, 1.82) is 0 Å². The average Bonchev–Trinajstić information content (AvgIpc) is 3.40. The van der Waals surface area contributed by atoms with E-state index in [0.29, 0.717) is 16.8 Å². The van der Waals surface area contributed by atoms with Crippen molar-refractivity contribution in [2.24, 2.45) is 0 Å². The van der Waals surface area contributed by atoms with Gasteiger partial charge in [-0.25, -0.2) is 13.2 Å². The van der Waals surface area contributed by atoms with E-state index in [0.717, 1.165) is 16.4 Å². The van der Waals surface area contributed by atoms with E-state index < -0.39 is 39.7 Å². The van der Waals surface area contributed by atoms with Gasteiger partial charge in [-0.3, -0.25) is 9.10 Å². The smallest absolute Gasteiger partial charge is 0.416 e. The number of anilines is 1. The first-order valence-electron chi connectivity index (χ1n) is 13.1. The number of amides is 1. The molecule has 2 N–H and O–H groups in total. The van der Waals surface area contributed by atoms with Gasteiger partial charge >= 0.3 is 12.1 Å². The summed E-state index contributed by atoms with van der Waals surface area (Å²) in [5, 5.41) is 12.0. The molecule has 4 aromatic rings. The summed E-state index contributed by atoms with van der Waals surface area (Å²) in [6, 6.07) is 21.8. The van der Waals surface area contributed by atoms with E-state index in [1.165, 1.54) is 48.5 Å². The Morgan fingerprint density at radius 1 is 0.907 bits per heavy atom. The van der Waals surface area contributed by atoms with Gasteiger partial charge in [0.2, 0.25) is 5.91 Å². The minimum absolute atomic E-state index is 0.0147. The van der Waals surface area contributed by atoms with Gasteiger partial charge in [-0.2, -0.15) is 13.2 Å². The molecule has 0 saturated carbocycles. The van der Waals surface area contributed by atoms with E-state index in [2.05, 4.69) is 5.32 Å². The highest BCUT2D eigenvalue weighted by Gasteiger charge is 2.42. The number of alkyl halides is 3. The second kappa shape index (κ2) is 11.8. The van der Waals surface area contributed by atoms with Crippen LogP contribution in [-0.4, -0.2) is 44.6 Å². The standard InChI is InChI=1S/C31H25F3N2O6S/c32-31(33,34)23-8-5-7-21(18-23)20-12-14-24(15-13-20)43(40,41)36-26-10-3-1-6-22(26)19-27(36)29(37)35-16-17-42-28-11-4-2-9-25(28)30(38)39/h1-15,18,27H,16-17,19H2,(H,35,37)(H,38,39)/t27-/m0/s1. The predicted molar refractivity (Wildman–Crippen MR) is 152 cm³/mol. The Balaban J connectivity index is 1.34. The van der Waals surface area contributed by atoms with E-state index >= 15 is 0 Å². The minimum atomic E-state index is -4.52. The summed E-state index contributed by atoms with van der Waals surface area (Å²) in [4.78, 5) is 24.5. The molecule has 222 valence electrons. The molecule has 0 radical (unpaired) electrons. The van der Waals surface area contributed by atoms with Gasteiger partial charge < -0.3 is 15.2 Å². The molecule has 0 aliphatic carbocycles. The van der Waals surface area contributed by atoms with Crippen LogP contribution >= 0.6 is 0 Å². The number of carboxylic acid groups (broad SMARTS) is 1. The Morgan fingerprint density at radius 2 is 1.60 bits per heavy atom. The van der Waals surface area contributed by atoms with Crippen molar-refractivity contribution in [1.82, 2.24) is 5.32 Å². The van der Waals surface area contributed by atoms with Crippen LogP contribution in [0, 0.1) is 0 Å². The zero-order chi connectivity index (χ0) is 30.8. The van der Waals surface area contributed by atoms with Crippen molar-refractivity contribution in [3.8, 4) is 16.9 Å². The molecular formula is C31H25F3N2O6S. The highest BCUT2D eigenvalue weighted by atomic mass is 32.2. The van der Waals surface area contributed by atoms with Crippen molar-refractivity contribution in [3.63, 3.8) is 0 Å². The second-order valence-corrected chi connectivity index (χ2v) is 11.5. The zero-order valence-electron chi connectivity index (χ0n) is 22.4. The Labute approximate surface area is 245 Å². The zero-order valence-corrected chi connectivity index (χ0v) is 23.2. The van der Waals surface area contributed by atoms with Crippen LogP contribution in [0.5, 0.6) is 5.75 Å². The number of sulfonamides is 1. The summed E-state index contributed by atoms with van der Waals surface area (Å²) in [6.07, 6.45) is -4.40. The minimum Gasteiger partial charge on any atom is -0.491 e. The van der Waals surface area contributed by atoms with Gasteiger partial charge in [0.05, 0.1) is 22.7 Å². The molecule has 1 aliphatic heterocycles. The Bertz CT molecular complexity index is 1780. The number of para-hydroxylation sites is 2. The van der Waals surface area contributed by atoms with Crippen LogP contribution in [0.3, 0.4) is 0 Å². The number of hydrogen-bond acceptors (Lipinski definition) is 5. The monoisotopic (exact) mass is 610 g/mol. The van der Waals surface area contributed by atoms with E-state index in [1.54, 1.807) is 36.4 Å². The number of halogens is 3. The molecule has 0 aromatic heterocycles. The fraction of sp³-hybridized carbons (Fsp3) is 0.161. The molecule has 1 heterocycles. The molecular weight excluding hydrogens is 585 g/mol. The number of benzene rings is 4. The number of fused-ring (bicyclic) bond motifs is 1. The fourth-order valence-corrected chi connectivity index (χ4v) is 6.53. The third kappa shape index (κ3) is 6.19. The number of hydrogen-bond donors (Lipinski definition) is 2. The number of carbonyl (C=O) groups excluding carboxylic acids is 1. The van der Waals surface area contributed by atoms with Crippen LogP contribution in [0.15, 0.2) is 102 Å². The maximum Gasteiger partial charge on any atom is 0.416 e. The molecule has 0 fully saturated rings. The van der Waals surface area contributed by atoms with Crippen LogP contribution < -0.4 is 14.4 Å². The number of rotatable bonds is 9. The normalized spacial score (nSPS) is 14.7. The Hall–Kier alpha value is -4.84. The summed E-state index contributed by atoms with van der Waals surface area (Å²) in [6.45, 7) is -0.0708. The lowest BCUT2D eigenvalue weighted by atomic mass is 10.0. The van der Waals surface area contributed by atoms with Gasteiger partial charge in [-0.1, -0.05) is 54.6 Å². The second-order valence-electron chi connectivity index (χ2n) is 9.69. The fourth-order valence-electron chi connectivity index (χ4n) is 4.88. The third-order valence-electron chi connectivity index (χ3n) is 6.94. The molecule has 0 unspecified atom stereocenters. The molecule has 1 aliphatic rings. The van der Waals surface area contributed by atoms with Crippen LogP contribution in [0.25, 0.3) is 11.1 Å². The van der Waals surface area contributed by atoms with Crippen LogP contribution in [0.4, 0.5) is 18.9 Å². The lowest BCUT2D eigenvalue weighted by Crippen LogP contribution is -2.48. The number of nitrogens with zero attached hydrogens (tertiary/aromatic N) is 1. The molecule has 0 saturated heterocycles. The van der Waals surface area contributed by atoms with Crippen molar-refractivity contribution >= 4 is 27.6 Å². The highest BCUT2D eigenvalue weighted by Crippen LogP contribution is 2.38. The first kappa shape index (κ1) is 29.6. The summed E-state index contributed by atoms with van der Waals surface area (Å²) < 4.78 is 73.9. The molecule has 43 heavy (non-hydrogen) atoms. The Morgan fingerprint density at radius 3 is 2.33 bits per heavy atom. The highest BCUT2D eigenvalue weighted by molar-refractivity contribution is 7.93. The van der Waals surface area contributed by atoms with Gasteiger partial charge in [-0.15, -0.1) is 0 Å². The van der Waals surface area contributed by atoms with Crippen LogP contribution in [-0.2, 0) is 27.4 Å². The van der Waals surface area contributed by atoms with Crippen LogP contribution in [0.1, 0.15) is 21.5 Å². The van der Waals surface area contributed by atoms with Gasteiger partial charge in [-0.05, 0) is 59.2 Å². The average molecular weight is 611 g/mol. The molecule has 5 rings (SSSR count). The van der Waals surface area contributed by atoms with E-state index in [9.17, 15) is 36.3 Å². The van der Waals surface area contributed by atoms with Gasteiger partial charge in [0.15, 0.2) is 0 Å². The third-order valence-corrected chi connectivity index (χ3v) is 8.78. The number of ether oxygens (including phenoxy) is 1. The van der Waals surface area contributed by atoms with Crippen molar-refractivity contribution in [2.45, 2.75) is 23.5 Å². The van der Waals surface area contributed by atoms with Gasteiger partial charge in [0, 0.05) is 6.42 Å². The first-order valence-corrected chi connectivity index (χ1v) is 14.5. The molecule has 0 bridgehead atoms. The molecule has 8 nitrogen and oxygen atoms in total. The largest absolute Gasteiger partial charge is 0.491 e. The number of nitrogens with one attached hydrogen (secondary N) is 1. The quantitative estimate of drug-likeness (QED) is 0.246. The van der Waals surface area contributed by atoms with E-state index in [4.69, 9.17) is 4.74 Å². The summed E-state index contributed by atoms with van der Waals surface area (Å²) in [5.41, 5.74) is 0.813. The first-order chi connectivity index (χ1) is 20.5. The van der Waals surface area contributed by atoms with Crippen LogP contribution in [0.2, 0.25) is 0 Å². The molecule has 4 aromatic carbocycles. The lowest BCUT2D eigenvalue weighted by molar-refractivity contribution is -0.137. The topological polar surface area (TPSA) is 113 Å². The maximum absolute atomic E-state index is 13.9. The summed E-state index contributed by atoms with van der Waals surface area (Å²) in [7, 11) is -4.27. The van der Waals surface area contributed by atoms with E-state index in [-0.39, 0.29) is 41.3 Å². The number of carboxylic acids is 1. The van der Waals surface area contributed by atoms with Crippen molar-refractivity contribution in [3.05, 3.63) is 114 Å². The predicted octanol–water partition coefficient (Wildman–Crippen LogP) is 5.39. The molecule has 1 amide bonds. The molecule has 1 atom stereocenters. The molecule has 12 heteroatoms. The summed E-state index contributed by atoms with van der Waals surface area (Å²) in [5.74, 6) is -1.60. The lowest BCUT2D eigenvalue weighted by Gasteiger charge is -2.26. The van der Waals surface area contributed by atoms with E-state index in [1.807, 2.05) is 0 Å². The Kier molecular flexibility index (Phi) is 8.14. The number of aromatic carboxylic acids is 1. The number of carbonyl (C=O) groups is 2. The maximum atomic E-state index is 13.9. The van der Waals surface area contributed by atoms with Gasteiger partial charge in [0.1, 0.15) is 24.0 Å². The van der Waals surface area contributed by atoms with Gasteiger partial charge in [0.25, 0.3) is 10.0 Å². The van der Waals surface area contributed by atoms with Crippen molar-refractivity contribution in [2.75, 3.05) is 17.5 Å². The molecule has 0 spiro atoms. The SMILES string of the molecule is O=C(O)c1ccccc1OCCNC(=O)[C@@H]1Cc2ccccc2N1S(=O)(=O)c1ccc(-c2cccc(C(F)(F)F)c2)cc1. The van der Waals surface area contributed by atoms with Crippen molar-refractivity contribution < 1.29 is 41.0 Å².